The fourth-order valence-electron chi connectivity index (χ4n) is 1.42. The van der Waals surface area contributed by atoms with E-state index < -0.39 is 5.97 Å². The average Bonchev–Trinajstić information content (AvgIpc) is 2.16. The molecule has 0 radical (unpaired) electrons. The predicted octanol–water partition coefficient (Wildman–Crippen LogP) is 3.62. The van der Waals surface area contributed by atoms with Crippen LogP contribution >= 0.6 is 0 Å². The molecule has 1 N–H and O–H groups in total. The van der Waals surface area contributed by atoms with Crippen molar-refractivity contribution in [3.05, 3.63) is 12.2 Å². The lowest BCUT2D eigenvalue weighted by atomic mass is 9.97. The largest absolute Gasteiger partial charge is 0.481 e. The number of carboxylic acids is 1. The zero-order valence-corrected chi connectivity index (χ0v) is 9.33. The Morgan fingerprint density at radius 1 is 1.29 bits per heavy atom. The first kappa shape index (κ1) is 13.2. The molecule has 2 nitrogen and oxygen atoms in total. The molecule has 1 unspecified atom stereocenters. The molecule has 0 saturated heterocycles. The number of allylic oxidation sites excluding steroid dienone is 2. The number of unbranched alkanes of at least 4 members (excludes halogenated alkanes) is 1. The van der Waals surface area contributed by atoms with Crippen molar-refractivity contribution in [3.8, 4) is 0 Å². The van der Waals surface area contributed by atoms with Crippen molar-refractivity contribution in [2.24, 2.45) is 5.92 Å². The van der Waals surface area contributed by atoms with Crippen LogP contribution in [0, 0.1) is 5.92 Å². The lowest BCUT2D eigenvalue weighted by Crippen LogP contribution is -2.13. The molecule has 0 saturated carbocycles. The molecular formula is C12H22O2. The Kier molecular flexibility index (Phi) is 8.30. The number of hydrogen-bond donors (Lipinski definition) is 1. The van der Waals surface area contributed by atoms with Gasteiger partial charge in [-0.15, -0.1) is 0 Å². The van der Waals surface area contributed by atoms with Crippen LogP contribution < -0.4 is 0 Å². The highest BCUT2D eigenvalue weighted by molar-refractivity contribution is 5.69. The van der Waals surface area contributed by atoms with Crippen molar-refractivity contribution in [2.45, 2.75) is 52.4 Å². The van der Waals surface area contributed by atoms with Crippen LogP contribution in [0.1, 0.15) is 52.4 Å². The van der Waals surface area contributed by atoms with E-state index in [4.69, 9.17) is 5.11 Å². The van der Waals surface area contributed by atoms with Gasteiger partial charge in [-0.25, -0.2) is 0 Å². The molecule has 0 fully saturated rings. The summed E-state index contributed by atoms with van der Waals surface area (Å²) in [5.41, 5.74) is 0. The van der Waals surface area contributed by atoms with Gasteiger partial charge in [0.1, 0.15) is 0 Å². The Labute approximate surface area is 87.0 Å². The monoisotopic (exact) mass is 198 g/mol. The Balaban J connectivity index is 3.73. The first-order valence-electron chi connectivity index (χ1n) is 5.60. The molecule has 14 heavy (non-hydrogen) atoms. The van der Waals surface area contributed by atoms with Crippen molar-refractivity contribution < 1.29 is 9.90 Å². The molecule has 0 aliphatic heterocycles. The van der Waals surface area contributed by atoms with Crippen molar-refractivity contribution in [1.29, 1.82) is 0 Å². The van der Waals surface area contributed by atoms with Gasteiger partial charge >= 0.3 is 5.97 Å². The van der Waals surface area contributed by atoms with E-state index in [0.29, 0.717) is 0 Å². The van der Waals surface area contributed by atoms with Gasteiger partial charge in [-0.3, -0.25) is 4.79 Å². The minimum absolute atomic E-state index is 0.142. The second kappa shape index (κ2) is 8.79. The number of carbonyl (C=O) groups is 1. The molecule has 0 aromatic rings. The maximum atomic E-state index is 10.8. The fourth-order valence-corrected chi connectivity index (χ4v) is 1.42. The van der Waals surface area contributed by atoms with Gasteiger partial charge in [0.2, 0.25) is 0 Å². The summed E-state index contributed by atoms with van der Waals surface area (Å²) >= 11 is 0. The first-order chi connectivity index (χ1) is 6.72. The van der Waals surface area contributed by atoms with Crippen LogP contribution in [-0.4, -0.2) is 11.1 Å². The van der Waals surface area contributed by atoms with E-state index in [1.165, 1.54) is 0 Å². The molecule has 0 bridgehead atoms. The molecule has 0 rings (SSSR count). The Hall–Kier alpha value is -0.790. The predicted molar refractivity (Wildman–Crippen MR) is 59.3 cm³/mol. The van der Waals surface area contributed by atoms with Crippen LogP contribution in [0.3, 0.4) is 0 Å². The molecule has 0 heterocycles. The minimum Gasteiger partial charge on any atom is -0.481 e. The third-order valence-corrected chi connectivity index (χ3v) is 2.34. The number of rotatable bonds is 8. The summed E-state index contributed by atoms with van der Waals surface area (Å²) in [6.07, 6.45) is 9.82. The van der Waals surface area contributed by atoms with Crippen molar-refractivity contribution >= 4 is 5.97 Å². The second-order valence-corrected chi connectivity index (χ2v) is 3.63. The average molecular weight is 198 g/mol. The third kappa shape index (κ3) is 6.70. The zero-order valence-electron chi connectivity index (χ0n) is 9.33. The summed E-state index contributed by atoms with van der Waals surface area (Å²) in [6.45, 7) is 4.18. The summed E-state index contributed by atoms with van der Waals surface area (Å²) in [5.74, 6) is -0.778. The highest BCUT2D eigenvalue weighted by Crippen LogP contribution is 2.15. The van der Waals surface area contributed by atoms with Gasteiger partial charge in [-0.1, -0.05) is 38.8 Å². The van der Waals surface area contributed by atoms with Gasteiger partial charge in [0.15, 0.2) is 0 Å². The van der Waals surface area contributed by atoms with E-state index in [9.17, 15) is 4.79 Å². The minimum atomic E-state index is -0.636. The van der Waals surface area contributed by atoms with Crippen LogP contribution in [0.5, 0.6) is 0 Å². The Morgan fingerprint density at radius 3 is 2.50 bits per heavy atom. The van der Waals surface area contributed by atoms with Gasteiger partial charge in [-0.05, 0) is 25.7 Å². The number of carboxylic acid groups (broad SMARTS) is 1. The van der Waals surface area contributed by atoms with Gasteiger partial charge < -0.3 is 5.11 Å². The molecular weight excluding hydrogens is 176 g/mol. The SMILES string of the molecule is CC/C=C\CCC(CCCC)C(=O)O. The molecule has 0 aromatic heterocycles. The van der Waals surface area contributed by atoms with E-state index in [1.54, 1.807) is 0 Å². The third-order valence-electron chi connectivity index (χ3n) is 2.34. The first-order valence-corrected chi connectivity index (χ1v) is 5.60. The Bertz CT molecular complexity index is 173. The van der Waals surface area contributed by atoms with E-state index in [1.807, 2.05) is 0 Å². The molecule has 1 atom stereocenters. The highest BCUT2D eigenvalue weighted by atomic mass is 16.4. The number of aliphatic carboxylic acids is 1. The maximum absolute atomic E-state index is 10.8. The van der Waals surface area contributed by atoms with E-state index in [-0.39, 0.29) is 5.92 Å². The van der Waals surface area contributed by atoms with Crippen LogP contribution in [-0.2, 0) is 4.79 Å². The summed E-state index contributed by atoms with van der Waals surface area (Å²) in [5, 5.41) is 8.93. The molecule has 0 aliphatic rings. The molecule has 0 amide bonds. The summed E-state index contributed by atoms with van der Waals surface area (Å²) in [4.78, 5) is 10.8. The Morgan fingerprint density at radius 2 is 2.00 bits per heavy atom. The number of hydrogen-bond acceptors (Lipinski definition) is 1. The zero-order chi connectivity index (χ0) is 10.8. The van der Waals surface area contributed by atoms with Crippen LogP contribution in [0.25, 0.3) is 0 Å². The van der Waals surface area contributed by atoms with Gasteiger partial charge in [0.25, 0.3) is 0 Å². The van der Waals surface area contributed by atoms with Crippen LogP contribution in [0.2, 0.25) is 0 Å². The van der Waals surface area contributed by atoms with Crippen molar-refractivity contribution in [1.82, 2.24) is 0 Å². The normalized spacial score (nSPS) is 13.3. The van der Waals surface area contributed by atoms with E-state index in [2.05, 4.69) is 26.0 Å². The molecule has 0 spiro atoms. The topological polar surface area (TPSA) is 37.3 Å². The summed E-state index contributed by atoms with van der Waals surface area (Å²) in [7, 11) is 0. The fraction of sp³-hybridized carbons (Fsp3) is 0.750. The van der Waals surface area contributed by atoms with E-state index in [0.717, 1.165) is 38.5 Å². The summed E-state index contributed by atoms with van der Waals surface area (Å²) in [6, 6.07) is 0. The molecule has 82 valence electrons. The molecule has 0 aromatic carbocycles. The van der Waals surface area contributed by atoms with Crippen LogP contribution in [0.15, 0.2) is 12.2 Å². The smallest absolute Gasteiger partial charge is 0.306 e. The summed E-state index contributed by atoms with van der Waals surface area (Å²) < 4.78 is 0. The van der Waals surface area contributed by atoms with E-state index >= 15 is 0 Å². The second-order valence-electron chi connectivity index (χ2n) is 3.63. The van der Waals surface area contributed by atoms with Gasteiger partial charge in [0, 0.05) is 0 Å². The highest BCUT2D eigenvalue weighted by Gasteiger charge is 2.14. The lowest BCUT2D eigenvalue weighted by Gasteiger charge is -2.09. The molecule has 2 heteroatoms. The van der Waals surface area contributed by atoms with Gasteiger partial charge in [-0.2, -0.15) is 0 Å². The quantitative estimate of drug-likeness (QED) is 0.605. The standard InChI is InChI=1S/C12H22O2/c1-3-5-7-8-10-11(12(13)14)9-6-4-2/h5,7,11H,3-4,6,8-10H2,1-2H3,(H,13,14)/b7-5-. The lowest BCUT2D eigenvalue weighted by molar-refractivity contribution is -0.142. The van der Waals surface area contributed by atoms with Crippen molar-refractivity contribution in [3.63, 3.8) is 0 Å². The molecule has 0 aliphatic carbocycles. The van der Waals surface area contributed by atoms with Crippen LogP contribution in [0.4, 0.5) is 0 Å². The maximum Gasteiger partial charge on any atom is 0.306 e. The van der Waals surface area contributed by atoms with Gasteiger partial charge in [0.05, 0.1) is 5.92 Å². The van der Waals surface area contributed by atoms with Crippen molar-refractivity contribution in [2.75, 3.05) is 0 Å².